The third kappa shape index (κ3) is 3.90. The zero-order valence-electron chi connectivity index (χ0n) is 12.7. The standard InChI is InChI=1S/C16H22ClFN2O2/c1-2-7-20(8-9-21)15(22)19-11-16(5-6-16)13-4-3-12(18)10-14(13)17/h3-4,10,21H,2,5-9,11H2,1H3,(H,19,22). The molecule has 6 heteroatoms. The van der Waals surface area contributed by atoms with Crippen molar-refractivity contribution < 1.29 is 14.3 Å². The number of nitrogens with one attached hydrogen (secondary N) is 1. The highest BCUT2D eigenvalue weighted by molar-refractivity contribution is 6.31. The number of carbonyl (C=O) groups excluding carboxylic acids is 1. The van der Waals surface area contributed by atoms with Crippen LogP contribution in [0.25, 0.3) is 0 Å². The van der Waals surface area contributed by atoms with Crippen molar-refractivity contribution in [3.05, 3.63) is 34.6 Å². The van der Waals surface area contributed by atoms with Gasteiger partial charge in [-0.15, -0.1) is 0 Å². The van der Waals surface area contributed by atoms with Gasteiger partial charge in [-0.1, -0.05) is 24.6 Å². The summed E-state index contributed by atoms with van der Waals surface area (Å²) < 4.78 is 13.2. The number of carbonyl (C=O) groups is 1. The number of aliphatic hydroxyl groups is 1. The first-order valence-corrected chi connectivity index (χ1v) is 7.99. The Kier molecular flexibility index (Phi) is 5.64. The lowest BCUT2D eigenvalue weighted by atomic mass is 9.96. The van der Waals surface area contributed by atoms with Gasteiger partial charge in [0, 0.05) is 30.1 Å². The molecule has 1 aliphatic carbocycles. The van der Waals surface area contributed by atoms with Gasteiger partial charge < -0.3 is 15.3 Å². The molecule has 2 rings (SSSR count). The number of halogens is 2. The summed E-state index contributed by atoms with van der Waals surface area (Å²) in [5, 5.41) is 12.3. The molecule has 1 fully saturated rings. The quantitative estimate of drug-likeness (QED) is 0.808. The van der Waals surface area contributed by atoms with Crippen LogP contribution in [-0.4, -0.2) is 42.3 Å². The number of hydrogen-bond acceptors (Lipinski definition) is 2. The lowest BCUT2D eigenvalue weighted by Crippen LogP contribution is -2.44. The molecular weight excluding hydrogens is 307 g/mol. The average molecular weight is 329 g/mol. The molecule has 0 spiro atoms. The molecule has 0 aromatic heterocycles. The van der Waals surface area contributed by atoms with Crippen molar-refractivity contribution in [1.82, 2.24) is 10.2 Å². The fraction of sp³-hybridized carbons (Fsp3) is 0.562. The van der Waals surface area contributed by atoms with Crippen LogP contribution in [-0.2, 0) is 5.41 Å². The molecule has 1 saturated carbocycles. The van der Waals surface area contributed by atoms with E-state index in [0.717, 1.165) is 24.8 Å². The Morgan fingerprint density at radius 1 is 1.45 bits per heavy atom. The molecule has 0 bridgehead atoms. The average Bonchev–Trinajstić information content (AvgIpc) is 3.25. The molecule has 2 N–H and O–H groups in total. The fourth-order valence-corrected chi connectivity index (χ4v) is 3.04. The summed E-state index contributed by atoms with van der Waals surface area (Å²) in [6.07, 6.45) is 2.68. The minimum absolute atomic E-state index is 0.0532. The number of urea groups is 1. The number of amides is 2. The van der Waals surface area contributed by atoms with E-state index in [1.807, 2.05) is 6.92 Å². The molecule has 1 aromatic carbocycles. The Labute approximate surface area is 135 Å². The summed E-state index contributed by atoms with van der Waals surface area (Å²) in [6.45, 7) is 3.34. The molecule has 0 saturated heterocycles. The minimum Gasteiger partial charge on any atom is -0.395 e. The molecule has 0 radical (unpaired) electrons. The van der Waals surface area contributed by atoms with Gasteiger partial charge in [-0.05, 0) is 37.0 Å². The van der Waals surface area contributed by atoms with Crippen LogP contribution < -0.4 is 5.32 Å². The lowest BCUT2D eigenvalue weighted by Gasteiger charge is -2.24. The Morgan fingerprint density at radius 3 is 2.73 bits per heavy atom. The van der Waals surface area contributed by atoms with Crippen molar-refractivity contribution >= 4 is 17.6 Å². The Balaban J connectivity index is 1.99. The van der Waals surface area contributed by atoms with E-state index in [4.69, 9.17) is 16.7 Å². The van der Waals surface area contributed by atoms with Crippen LogP contribution in [0.3, 0.4) is 0 Å². The summed E-state index contributed by atoms with van der Waals surface area (Å²) in [6, 6.07) is 4.24. The first-order chi connectivity index (χ1) is 10.5. The molecular formula is C16H22ClFN2O2. The van der Waals surface area contributed by atoms with Crippen molar-refractivity contribution in [3.63, 3.8) is 0 Å². The van der Waals surface area contributed by atoms with E-state index in [1.165, 1.54) is 12.1 Å². The lowest BCUT2D eigenvalue weighted by molar-refractivity contribution is 0.176. The second kappa shape index (κ2) is 7.29. The van der Waals surface area contributed by atoms with E-state index in [0.29, 0.717) is 24.7 Å². The monoisotopic (exact) mass is 328 g/mol. The SMILES string of the molecule is CCCN(CCO)C(=O)NCC1(c2ccc(F)cc2Cl)CC1. The Hall–Kier alpha value is -1.33. The van der Waals surface area contributed by atoms with E-state index in [2.05, 4.69) is 5.32 Å². The van der Waals surface area contributed by atoms with Crippen LogP contribution in [0.15, 0.2) is 18.2 Å². The van der Waals surface area contributed by atoms with Crippen LogP contribution in [0.5, 0.6) is 0 Å². The number of rotatable bonds is 7. The van der Waals surface area contributed by atoms with E-state index >= 15 is 0 Å². The molecule has 1 aromatic rings. The first-order valence-electron chi connectivity index (χ1n) is 7.61. The summed E-state index contributed by atoms with van der Waals surface area (Å²) in [4.78, 5) is 13.8. The minimum atomic E-state index is -0.356. The van der Waals surface area contributed by atoms with Crippen LogP contribution in [0, 0.1) is 5.82 Å². The Morgan fingerprint density at radius 2 is 2.18 bits per heavy atom. The smallest absolute Gasteiger partial charge is 0.317 e. The van der Waals surface area contributed by atoms with Crippen molar-refractivity contribution in [2.75, 3.05) is 26.2 Å². The van der Waals surface area contributed by atoms with Gasteiger partial charge in [0.05, 0.1) is 6.61 Å². The molecule has 1 aliphatic rings. The van der Waals surface area contributed by atoms with Gasteiger partial charge in [-0.25, -0.2) is 9.18 Å². The van der Waals surface area contributed by atoms with Gasteiger partial charge in [0.1, 0.15) is 5.82 Å². The highest BCUT2D eigenvalue weighted by Crippen LogP contribution is 2.50. The van der Waals surface area contributed by atoms with Gasteiger partial charge in [-0.3, -0.25) is 0 Å². The topological polar surface area (TPSA) is 52.6 Å². The van der Waals surface area contributed by atoms with E-state index in [-0.39, 0.29) is 23.9 Å². The van der Waals surface area contributed by atoms with Crippen molar-refractivity contribution in [2.45, 2.75) is 31.6 Å². The molecule has 0 unspecified atom stereocenters. The molecule has 2 amide bonds. The Bertz CT molecular complexity index is 529. The van der Waals surface area contributed by atoms with Crippen LogP contribution in [0.1, 0.15) is 31.7 Å². The number of benzene rings is 1. The largest absolute Gasteiger partial charge is 0.395 e. The third-order valence-corrected chi connectivity index (χ3v) is 4.40. The van der Waals surface area contributed by atoms with E-state index in [9.17, 15) is 9.18 Å². The van der Waals surface area contributed by atoms with E-state index in [1.54, 1.807) is 11.0 Å². The second-order valence-corrected chi connectivity index (χ2v) is 6.18. The third-order valence-electron chi connectivity index (χ3n) is 4.08. The first kappa shape index (κ1) is 17.0. The van der Waals surface area contributed by atoms with Crippen molar-refractivity contribution in [1.29, 1.82) is 0 Å². The molecule has 0 aliphatic heterocycles. The van der Waals surface area contributed by atoms with Crippen molar-refractivity contribution in [3.8, 4) is 0 Å². The molecule has 0 heterocycles. The number of nitrogens with zero attached hydrogens (tertiary/aromatic N) is 1. The summed E-state index contributed by atoms with van der Waals surface area (Å²) >= 11 is 6.14. The maximum absolute atomic E-state index is 13.2. The van der Waals surface area contributed by atoms with Crippen LogP contribution >= 0.6 is 11.6 Å². The van der Waals surface area contributed by atoms with Gasteiger partial charge in [0.2, 0.25) is 0 Å². The normalized spacial score (nSPS) is 15.5. The maximum atomic E-state index is 13.2. The summed E-state index contributed by atoms with van der Waals surface area (Å²) in [5.41, 5.74) is 0.706. The summed E-state index contributed by atoms with van der Waals surface area (Å²) in [7, 11) is 0. The van der Waals surface area contributed by atoms with Gasteiger partial charge in [-0.2, -0.15) is 0 Å². The van der Waals surface area contributed by atoms with Gasteiger partial charge in [0.15, 0.2) is 0 Å². The molecule has 122 valence electrons. The maximum Gasteiger partial charge on any atom is 0.317 e. The zero-order valence-corrected chi connectivity index (χ0v) is 13.5. The zero-order chi connectivity index (χ0) is 16.2. The van der Waals surface area contributed by atoms with Crippen LogP contribution in [0.2, 0.25) is 5.02 Å². The summed E-state index contributed by atoms with van der Waals surface area (Å²) in [5.74, 6) is -0.356. The fourth-order valence-electron chi connectivity index (χ4n) is 2.67. The van der Waals surface area contributed by atoms with Gasteiger partial charge in [0.25, 0.3) is 0 Å². The van der Waals surface area contributed by atoms with E-state index < -0.39 is 0 Å². The predicted octanol–water partition coefficient (Wildman–Crippen LogP) is 2.92. The highest BCUT2D eigenvalue weighted by Gasteiger charge is 2.45. The predicted molar refractivity (Wildman–Crippen MR) is 84.7 cm³/mol. The molecule has 4 nitrogen and oxygen atoms in total. The number of hydrogen-bond donors (Lipinski definition) is 2. The van der Waals surface area contributed by atoms with Crippen LogP contribution in [0.4, 0.5) is 9.18 Å². The molecule has 0 atom stereocenters. The second-order valence-electron chi connectivity index (χ2n) is 5.77. The molecule has 22 heavy (non-hydrogen) atoms. The highest BCUT2D eigenvalue weighted by atomic mass is 35.5. The van der Waals surface area contributed by atoms with Crippen molar-refractivity contribution in [2.24, 2.45) is 0 Å². The van der Waals surface area contributed by atoms with Gasteiger partial charge >= 0.3 is 6.03 Å². The number of aliphatic hydroxyl groups excluding tert-OH is 1.